The van der Waals surface area contributed by atoms with Gasteiger partial charge in [0.1, 0.15) is 6.33 Å². The highest BCUT2D eigenvalue weighted by Crippen LogP contribution is 2.38. The molecule has 0 N–H and O–H groups in total. The van der Waals surface area contributed by atoms with Crippen LogP contribution in [-0.2, 0) is 37.3 Å². The lowest BCUT2D eigenvalue weighted by Crippen LogP contribution is -2.42. The molecule has 3 aromatic rings. The van der Waals surface area contributed by atoms with Crippen LogP contribution in [0, 0.1) is 0 Å². The van der Waals surface area contributed by atoms with Crippen LogP contribution in [0.3, 0.4) is 0 Å². The van der Waals surface area contributed by atoms with Crippen molar-refractivity contribution in [3.05, 3.63) is 82.9 Å². The van der Waals surface area contributed by atoms with Crippen molar-refractivity contribution in [3.63, 3.8) is 0 Å². The van der Waals surface area contributed by atoms with Crippen molar-refractivity contribution in [1.29, 1.82) is 0 Å². The summed E-state index contributed by atoms with van der Waals surface area (Å²) in [4.78, 5) is 6.41. The Balaban J connectivity index is 1.59. The van der Waals surface area contributed by atoms with Gasteiger partial charge >= 0.3 is 12.4 Å². The molecule has 1 fully saturated rings. The molecular weight excluding hydrogens is 474 g/mol. The third-order valence-corrected chi connectivity index (χ3v) is 5.92. The van der Waals surface area contributed by atoms with E-state index in [9.17, 15) is 26.3 Å². The molecule has 0 radical (unpaired) electrons. The van der Waals surface area contributed by atoms with Gasteiger partial charge < -0.3 is 4.74 Å². The highest BCUT2D eigenvalue weighted by atomic mass is 19.4. The first-order valence-electron chi connectivity index (χ1n) is 11.0. The van der Waals surface area contributed by atoms with Crippen molar-refractivity contribution in [2.24, 2.45) is 7.05 Å². The predicted octanol–water partition coefficient (Wildman–Crippen LogP) is 5.78. The Morgan fingerprint density at radius 3 is 2.20 bits per heavy atom. The van der Waals surface area contributed by atoms with Crippen molar-refractivity contribution >= 4 is 0 Å². The quantitative estimate of drug-likeness (QED) is 0.405. The number of piperidine rings is 1. The smallest absolute Gasteiger partial charge is 0.372 e. The summed E-state index contributed by atoms with van der Waals surface area (Å²) in [5.41, 5.74) is -1.94. The summed E-state index contributed by atoms with van der Waals surface area (Å²) in [6.45, 7) is 0.776. The van der Waals surface area contributed by atoms with E-state index in [4.69, 9.17) is 4.74 Å². The Morgan fingerprint density at radius 1 is 0.971 bits per heavy atom. The largest absolute Gasteiger partial charge is 0.416 e. The average molecular weight is 498 g/mol. The van der Waals surface area contributed by atoms with Gasteiger partial charge in [-0.2, -0.15) is 31.4 Å². The lowest BCUT2D eigenvalue weighted by atomic mass is 9.92. The molecule has 0 amide bonds. The standard InChI is InChI=1S/C24H24F6N4O/c1-33-15-31-21(32-33)13-34-9-5-8-20(22(34)17-6-3-2-4-7-17)35-14-16-10-18(23(25,26)27)12-19(11-16)24(28,29)30/h2-4,6-7,10-12,15,20,22H,5,8-9,13-14H2,1H3/t20-,22-/m0/s1. The zero-order chi connectivity index (χ0) is 25.2. The van der Waals surface area contributed by atoms with Gasteiger partial charge in [0.05, 0.1) is 36.4 Å². The topological polar surface area (TPSA) is 43.2 Å². The van der Waals surface area contributed by atoms with Gasteiger partial charge in [-0.15, -0.1) is 0 Å². The fourth-order valence-electron chi connectivity index (χ4n) is 4.40. The van der Waals surface area contributed by atoms with Crippen LogP contribution in [0.1, 0.15) is 47.0 Å². The van der Waals surface area contributed by atoms with Gasteiger partial charge in [-0.05, 0) is 48.7 Å². The molecule has 0 bridgehead atoms. The second kappa shape index (κ2) is 9.98. The van der Waals surface area contributed by atoms with E-state index in [1.165, 1.54) is 0 Å². The second-order valence-corrected chi connectivity index (χ2v) is 8.57. The Kier molecular flexibility index (Phi) is 7.18. The van der Waals surface area contributed by atoms with E-state index < -0.39 is 29.6 Å². The second-order valence-electron chi connectivity index (χ2n) is 8.57. The monoisotopic (exact) mass is 498 g/mol. The molecule has 35 heavy (non-hydrogen) atoms. The van der Waals surface area contributed by atoms with Gasteiger partial charge in [-0.25, -0.2) is 4.98 Å². The fourth-order valence-corrected chi connectivity index (χ4v) is 4.40. The van der Waals surface area contributed by atoms with Gasteiger partial charge in [0.2, 0.25) is 0 Å². The first kappa shape index (κ1) is 25.2. The third-order valence-electron chi connectivity index (χ3n) is 5.92. The Bertz CT molecular complexity index is 1100. The number of aromatic nitrogens is 3. The van der Waals surface area contributed by atoms with Crippen molar-refractivity contribution < 1.29 is 31.1 Å². The molecule has 188 valence electrons. The number of nitrogens with zero attached hydrogens (tertiary/aromatic N) is 4. The van der Waals surface area contributed by atoms with Crippen LogP contribution in [0.25, 0.3) is 0 Å². The number of ether oxygens (including phenoxy) is 1. The van der Waals surface area contributed by atoms with Gasteiger partial charge in [-0.1, -0.05) is 30.3 Å². The van der Waals surface area contributed by atoms with E-state index in [1.54, 1.807) is 18.1 Å². The molecule has 1 aliphatic rings. The number of aryl methyl sites for hydroxylation is 1. The van der Waals surface area contributed by atoms with E-state index in [-0.39, 0.29) is 24.3 Å². The lowest BCUT2D eigenvalue weighted by molar-refractivity contribution is -0.143. The van der Waals surface area contributed by atoms with Gasteiger partial charge in [0.15, 0.2) is 5.82 Å². The molecular formula is C24H24F6N4O. The van der Waals surface area contributed by atoms with Crippen LogP contribution < -0.4 is 0 Å². The number of alkyl halides is 6. The molecule has 0 aliphatic carbocycles. The lowest BCUT2D eigenvalue weighted by Gasteiger charge is -2.41. The zero-order valence-electron chi connectivity index (χ0n) is 18.9. The maximum atomic E-state index is 13.2. The van der Waals surface area contributed by atoms with Gasteiger partial charge in [0.25, 0.3) is 0 Å². The summed E-state index contributed by atoms with van der Waals surface area (Å²) in [7, 11) is 1.76. The zero-order valence-corrected chi connectivity index (χ0v) is 18.9. The molecule has 1 aromatic heterocycles. The highest BCUT2D eigenvalue weighted by Gasteiger charge is 2.38. The maximum absolute atomic E-state index is 13.2. The number of benzene rings is 2. The minimum absolute atomic E-state index is 0.123. The predicted molar refractivity (Wildman–Crippen MR) is 115 cm³/mol. The molecule has 2 aromatic carbocycles. The molecule has 11 heteroatoms. The van der Waals surface area contributed by atoms with E-state index >= 15 is 0 Å². The summed E-state index contributed by atoms with van der Waals surface area (Å²) in [6.07, 6.45) is -7.30. The summed E-state index contributed by atoms with van der Waals surface area (Å²) < 4.78 is 87.1. The van der Waals surface area contributed by atoms with Crippen molar-refractivity contribution in [3.8, 4) is 0 Å². The van der Waals surface area contributed by atoms with Crippen LogP contribution >= 0.6 is 0 Å². The number of rotatable bonds is 6. The molecule has 2 atom stereocenters. The molecule has 5 nitrogen and oxygen atoms in total. The van der Waals surface area contributed by atoms with E-state index in [2.05, 4.69) is 15.0 Å². The molecule has 0 saturated carbocycles. The Hall–Kier alpha value is -2.92. The van der Waals surface area contributed by atoms with Crippen molar-refractivity contribution in [2.45, 2.75) is 50.5 Å². The minimum Gasteiger partial charge on any atom is -0.372 e. The first-order chi connectivity index (χ1) is 16.5. The SMILES string of the molecule is Cn1cnc(CN2CCC[C@H](OCc3cc(C(F)(F)F)cc(C(F)(F)F)c3)[C@@H]2c2ccccc2)n1. The van der Waals surface area contributed by atoms with Crippen LogP contribution in [0.15, 0.2) is 54.9 Å². The van der Waals surface area contributed by atoms with Crippen LogP contribution in [0.2, 0.25) is 0 Å². The normalized spacial score (nSPS) is 19.7. The highest BCUT2D eigenvalue weighted by molar-refractivity contribution is 5.33. The summed E-state index contributed by atoms with van der Waals surface area (Å²) in [5, 5.41) is 4.33. The van der Waals surface area contributed by atoms with E-state index in [0.29, 0.717) is 30.9 Å². The molecule has 0 unspecified atom stereocenters. The number of hydrogen-bond donors (Lipinski definition) is 0. The summed E-state index contributed by atoms with van der Waals surface area (Å²) in [6, 6.07) is 10.8. The molecule has 4 rings (SSSR count). The number of likely N-dealkylation sites (tertiary alicyclic amines) is 1. The third kappa shape index (κ3) is 6.21. The van der Waals surface area contributed by atoms with Gasteiger partial charge in [-0.3, -0.25) is 9.58 Å². The fraction of sp³-hybridized carbons (Fsp3) is 0.417. The molecule has 0 spiro atoms. The molecule has 1 aliphatic heterocycles. The van der Waals surface area contributed by atoms with Gasteiger partial charge in [0, 0.05) is 7.05 Å². The summed E-state index contributed by atoms with van der Waals surface area (Å²) in [5.74, 6) is 0.613. The van der Waals surface area contributed by atoms with E-state index in [1.807, 2.05) is 30.3 Å². The number of hydrogen-bond acceptors (Lipinski definition) is 4. The average Bonchev–Trinajstić information content (AvgIpc) is 3.21. The van der Waals surface area contributed by atoms with Crippen LogP contribution in [-0.4, -0.2) is 32.3 Å². The Labute approximate surface area is 198 Å². The molecule has 1 saturated heterocycles. The maximum Gasteiger partial charge on any atom is 0.416 e. The molecule has 2 heterocycles. The van der Waals surface area contributed by atoms with E-state index in [0.717, 1.165) is 18.5 Å². The van der Waals surface area contributed by atoms with Crippen LogP contribution in [0.4, 0.5) is 26.3 Å². The van der Waals surface area contributed by atoms with Crippen molar-refractivity contribution in [1.82, 2.24) is 19.7 Å². The number of halogens is 6. The first-order valence-corrected chi connectivity index (χ1v) is 11.0. The Morgan fingerprint density at radius 2 is 1.63 bits per heavy atom. The van der Waals surface area contributed by atoms with Crippen LogP contribution in [0.5, 0.6) is 0 Å². The minimum atomic E-state index is -4.90. The van der Waals surface area contributed by atoms with Crippen molar-refractivity contribution in [2.75, 3.05) is 6.54 Å². The summed E-state index contributed by atoms with van der Waals surface area (Å²) >= 11 is 0.